The molecule has 2 rings (SSSR count). The monoisotopic (exact) mass is 272 g/mol. The average Bonchev–Trinajstić information content (AvgIpc) is 2.41. The van der Waals surface area contributed by atoms with E-state index in [4.69, 9.17) is 0 Å². The Balaban J connectivity index is 2.71. The number of benzene rings is 1. The van der Waals surface area contributed by atoms with Crippen LogP contribution in [0, 0.1) is 10.5 Å². The summed E-state index contributed by atoms with van der Waals surface area (Å²) in [6, 6.07) is 4.17. The Morgan fingerprint density at radius 1 is 1.33 bits per heavy atom. The Morgan fingerprint density at radius 3 is 2.83 bits per heavy atom. The lowest BCUT2D eigenvalue weighted by atomic mass is 10.0. The van der Waals surface area contributed by atoms with Gasteiger partial charge in [-0.15, -0.1) is 0 Å². The lowest BCUT2D eigenvalue weighted by Gasteiger charge is -2.03. The number of rotatable bonds is 0. The minimum atomic E-state index is 0.320. The first-order valence-corrected chi connectivity index (χ1v) is 5.09. The zero-order valence-corrected chi connectivity index (χ0v) is 9.01. The summed E-state index contributed by atoms with van der Waals surface area (Å²) in [5, 5.41) is 0. The summed E-state index contributed by atoms with van der Waals surface area (Å²) in [5.74, 6) is 0.320. The van der Waals surface area contributed by atoms with Crippen LogP contribution in [0.2, 0.25) is 0 Å². The Hall–Kier alpha value is -0.380. The average molecular weight is 272 g/mol. The lowest BCUT2D eigenvalue weighted by Crippen LogP contribution is -1.97. The van der Waals surface area contributed by atoms with Gasteiger partial charge in [0.25, 0.3) is 0 Å². The van der Waals surface area contributed by atoms with Gasteiger partial charge in [-0.25, -0.2) is 0 Å². The molecular weight excluding hydrogens is 263 g/mol. The van der Waals surface area contributed by atoms with Gasteiger partial charge in [-0.3, -0.25) is 4.79 Å². The fourth-order valence-electron chi connectivity index (χ4n) is 1.71. The van der Waals surface area contributed by atoms with Crippen LogP contribution >= 0.6 is 22.6 Å². The van der Waals surface area contributed by atoms with Crippen LogP contribution in [0.15, 0.2) is 12.1 Å². The molecule has 0 aromatic heterocycles. The number of hydrogen-bond acceptors (Lipinski definition) is 1. The van der Waals surface area contributed by atoms with Crippen molar-refractivity contribution in [1.29, 1.82) is 0 Å². The van der Waals surface area contributed by atoms with E-state index in [1.54, 1.807) is 0 Å². The Labute approximate surface area is 85.3 Å². The molecule has 0 saturated carbocycles. The van der Waals surface area contributed by atoms with Crippen LogP contribution in [0.1, 0.15) is 27.9 Å². The van der Waals surface area contributed by atoms with Crippen molar-refractivity contribution < 1.29 is 4.79 Å². The Kier molecular flexibility index (Phi) is 1.94. The molecule has 1 aromatic rings. The maximum absolute atomic E-state index is 11.4. The molecule has 0 N–H and O–H groups in total. The smallest absolute Gasteiger partial charge is 0.163 e. The minimum absolute atomic E-state index is 0.320. The van der Waals surface area contributed by atoms with Crippen LogP contribution in [0.3, 0.4) is 0 Å². The molecule has 1 aliphatic carbocycles. The van der Waals surface area contributed by atoms with Crippen LogP contribution in [-0.4, -0.2) is 5.78 Å². The molecule has 1 aliphatic rings. The molecule has 0 bridgehead atoms. The first-order chi connectivity index (χ1) is 5.70. The predicted octanol–water partition coefficient (Wildman–Crippen LogP) is 2.73. The molecule has 0 fully saturated rings. The fraction of sp³-hybridized carbons (Fsp3) is 0.300. The maximum Gasteiger partial charge on any atom is 0.163 e. The van der Waals surface area contributed by atoms with E-state index in [9.17, 15) is 4.79 Å². The van der Waals surface area contributed by atoms with Gasteiger partial charge in [-0.05, 0) is 53.1 Å². The van der Waals surface area contributed by atoms with Gasteiger partial charge in [0.2, 0.25) is 0 Å². The van der Waals surface area contributed by atoms with E-state index in [0.29, 0.717) is 12.2 Å². The lowest BCUT2D eigenvalue weighted by molar-refractivity contribution is 0.0994. The van der Waals surface area contributed by atoms with E-state index in [2.05, 4.69) is 34.7 Å². The van der Waals surface area contributed by atoms with Crippen molar-refractivity contribution in [3.63, 3.8) is 0 Å². The number of halogens is 1. The first-order valence-electron chi connectivity index (χ1n) is 4.01. The molecule has 0 amide bonds. The second kappa shape index (κ2) is 2.83. The molecular formula is C10H9IO. The van der Waals surface area contributed by atoms with Gasteiger partial charge in [0.1, 0.15) is 0 Å². The normalized spacial score (nSPS) is 15.0. The molecule has 12 heavy (non-hydrogen) atoms. The second-order valence-electron chi connectivity index (χ2n) is 3.13. The molecule has 0 spiro atoms. The second-order valence-corrected chi connectivity index (χ2v) is 4.29. The van der Waals surface area contributed by atoms with Crippen molar-refractivity contribution in [1.82, 2.24) is 0 Å². The summed E-state index contributed by atoms with van der Waals surface area (Å²) in [6.45, 7) is 2.03. The zero-order valence-electron chi connectivity index (χ0n) is 6.86. The van der Waals surface area contributed by atoms with Gasteiger partial charge in [-0.1, -0.05) is 6.07 Å². The zero-order chi connectivity index (χ0) is 8.72. The number of ketones is 1. The number of aryl methyl sites for hydroxylation is 1. The van der Waals surface area contributed by atoms with Crippen LogP contribution < -0.4 is 0 Å². The van der Waals surface area contributed by atoms with E-state index in [0.717, 1.165) is 17.5 Å². The third-order valence-corrected chi connectivity index (χ3v) is 3.55. The van der Waals surface area contributed by atoms with E-state index >= 15 is 0 Å². The molecule has 62 valence electrons. The van der Waals surface area contributed by atoms with Gasteiger partial charge in [-0.2, -0.15) is 0 Å². The summed E-state index contributed by atoms with van der Waals surface area (Å²) >= 11 is 2.28. The van der Waals surface area contributed by atoms with Gasteiger partial charge < -0.3 is 0 Å². The SMILES string of the molecule is Cc1c(I)ccc2c1C(=O)CC2. The summed E-state index contributed by atoms with van der Waals surface area (Å²) < 4.78 is 1.20. The van der Waals surface area contributed by atoms with Gasteiger partial charge in [0.05, 0.1) is 0 Å². The quantitative estimate of drug-likeness (QED) is 0.664. The number of carbonyl (C=O) groups is 1. The van der Waals surface area contributed by atoms with Gasteiger partial charge in [0.15, 0.2) is 5.78 Å². The Bertz CT molecular complexity index is 355. The molecule has 2 heteroatoms. The van der Waals surface area contributed by atoms with E-state index in [-0.39, 0.29) is 0 Å². The van der Waals surface area contributed by atoms with E-state index in [1.807, 2.05) is 6.92 Å². The highest BCUT2D eigenvalue weighted by Crippen LogP contribution is 2.27. The van der Waals surface area contributed by atoms with Crippen LogP contribution in [0.25, 0.3) is 0 Å². The van der Waals surface area contributed by atoms with Crippen molar-refractivity contribution >= 4 is 28.4 Å². The van der Waals surface area contributed by atoms with Crippen LogP contribution in [0.5, 0.6) is 0 Å². The fourth-order valence-corrected chi connectivity index (χ4v) is 2.16. The number of hydrogen-bond donors (Lipinski definition) is 0. The van der Waals surface area contributed by atoms with Crippen molar-refractivity contribution in [3.8, 4) is 0 Å². The maximum atomic E-state index is 11.4. The topological polar surface area (TPSA) is 17.1 Å². The van der Waals surface area contributed by atoms with Crippen molar-refractivity contribution in [2.45, 2.75) is 19.8 Å². The minimum Gasteiger partial charge on any atom is -0.294 e. The standard InChI is InChI=1S/C10H9IO/c1-6-8(11)4-2-7-3-5-9(12)10(6)7/h2,4H,3,5H2,1H3. The molecule has 0 heterocycles. The van der Waals surface area contributed by atoms with Crippen molar-refractivity contribution in [3.05, 3.63) is 32.4 Å². The molecule has 0 unspecified atom stereocenters. The third-order valence-electron chi connectivity index (χ3n) is 2.39. The van der Waals surface area contributed by atoms with Gasteiger partial charge in [0, 0.05) is 15.6 Å². The summed E-state index contributed by atoms with van der Waals surface area (Å²) in [6.07, 6.45) is 1.64. The van der Waals surface area contributed by atoms with Crippen LogP contribution in [-0.2, 0) is 6.42 Å². The van der Waals surface area contributed by atoms with Crippen molar-refractivity contribution in [2.75, 3.05) is 0 Å². The summed E-state index contributed by atoms with van der Waals surface area (Å²) in [4.78, 5) is 11.4. The molecule has 0 atom stereocenters. The number of Topliss-reactive ketones (excluding diaryl/α,β-unsaturated/α-hetero) is 1. The van der Waals surface area contributed by atoms with E-state index < -0.39 is 0 Å². The Morgan fingerprint density at radius 2 is 2.08 bits per heavy atom. The first kappa shape index (κ1) is 8.23. The molecule has 1 aromatic carbocycles. The summed E-state index contributed by atoms with van der Waals surface area (Å²) in [5.41, 5.74) is 3.38. The highest BCUT2D eigenvalue weighted by molar-refractivity contribution is 14.1. The predicted molar refractivity (Wildman–Crippen MR) is 56.5 cm³/mol. The third kappa shape index (κ3) is 1.09. The van der Waals surface area contributed by atoms with Crippen LogP contribution in [0.4, 0.5) is 0 Å². The molecule has 0 radical (unpaired) electrons. The number of fused-ring (bicyclic) bond motifs is 1. The van der Waals surface area contributed by atoms with E-state index in [1.165, 1.54) is 9.13 Å². The van der Waals surface area contributed by atoms with Crippen molar-refractivity contribution in [2.24, 2.45) is 0 Å². The molecule has 0 saturated heterocycles. The summed E-state index contributed by atoms with van der Waals surface area (Å²) in [7, 11) is 0. The molecule has 0 aliphatic heterocycles. The molecule has 1 nitrogen and oxygen atoms in total. The highest BCUT2D eigenvalue weighted by Gasteiger charge is 2.21. The highest BCUT2D eigenvalue weighted by atomic mass is 127. The van der Waals surface area contributed by atoms with Gasteiger partial charge >= 0.3 is 0 Å². The number of carbonyl (C=O) groups excluding carboxylic acids is 1. The largest absolute Gasteiger partial charge is 0.294 e.